The fourth-order valence-electron chi connectivity index (χ4n) is 3.28. The average Bonchev–Trinajstić information content (AvgIpc) is 3.23. The molecule has 30 heavy (non-hydrogen) atoms. The molecule has 0 spiro atoms. The number of rotatable bonds is 6. The molecule has 2 N–H and O–H groups in total. The van der Waals surface area contributed by atoms with Crippen LogP contribution in [-0.4, -0.2) is 24.2 Å². The smallest absolute Gasteiger partial charge is 0.227 e. The largest absolute Gasteiger partial charge is 0.487 e. The first-order chi connectivity index (χ1) is 14.2. The first kappa shape index (κ1) is 21.8. The second kappa shape index (κ2) is 10.2. The quantitative estimate of drug-likeness (QED) is 0.604. The number of aromatic nitrogens is 1. The van der Waals surface area contributed by atoms with Gasteiger partial charge in [0.05, 0.1) is 0 Å². The Hall–Kier alpha value is -2.90. The third kappa shape index (κ3) is 5.58. The van der Waals surface area contributed by atoms with Crippen molar-refractivity contribution in [2.24, 2.45) is 5.92 Å². The van der Waals surface area contributed by atoms with E-state index >= 15 is 0 Å². The number of benzene rings is 2. The normalized spacial score (nSPS) is 14.0. The average molecular weight is 432 g/mol. The van der Waals surface area contributed by atoms with Gasteiger partial charge in [-0.15, -0.1) is 12.4 Å². The number of halogens is 2. The monoisotopic (exact) mass is 431 g/mol. The highest BCUT2D eigenvalue weighted by molar-refractivity contribution is 5.92. The Bertz CT molecular complexity index is 972. The Labute approximate surface area is 180 Å². The standard InChI is InChI=1S/C22H22FN3O3.ClH/c23-17-6-4-15(5-7-17)21-13-19(26-29-21)14-28-20-3-1-2-18(12-20)25-22(27)16-8-10-24-11-9-16;/h1-7,12-13,16,24H,8-11,14H2,(H,25,27);1H. The topological polar surface area (TPSA) is 76.4 Å². The predicted octanol–water partition coefficient (Wildman–Crippen LogP) is 4.42. The summed E-state index contributed by atoms with van der Waals surface area (Å²) in [5, 5.41) is 10.2. The van der Waals surface area contributed by atoms with E-state index in [1.807, 2.05) is 18.2 Å². The highest BCUT2D eigenvalue weighted by Crippen LogP contribution is 2.23. The van der Waals surface area contributed by atoms with E-state index < -0.39 is 0 Å². The summed E-state index contributed by atoms with van der Waals surface area (Å²) in [7, 11) is 0. The van der Waals surface area contributed by atoms with Crippen LogP contribution < -0.4 is 15.4 Å². The molecule has 0 aliphatic carbocycles. The zero-order chi connectivity index (χ0) is 20.1. The molecule has 1 saturated heterocycles. The molecule has 2 aromatic carbocycles. The summed E-state index contributed by atoms with van der Waals surface area (Å²) in [6, 6.07) is 15.1. The molecule has 158 valence electrons. The Morgan fingerprint density at radius 2 is 1.93 bits per heavy atom. The zero-order valence-electron chi connectivity index (χ0n) is 16.3. The molecule has 1 fully saturated rings. The Morgan fingerprint density at radius 1 is 1.17 bits per heavy atom. The van der Waals surface area contributed by atoms with Crippen LogP contribution in [0.3, 0.4) is 0 Å². The first-order valence-electron chi connectivity index (χ1n) is 9.63. The molecule has 1 aliphatic heterocycles. The maximum Gasteiger partial charge on any atom is 0.227 e. The van der Waals surface area contributed by atoms with Gasteiger partial charge in [0.15, 0.2) is 5.76 Å². The van der Waals surface area contributed by atoms with Gasteiger partial charge in [0.25, 0.3) is 0 Å². The fraction of sp³-hybridized carbons (Fsp3) is 0.273. The number of amides is 1. The van der Waals surface area contributed by atoms with Crippen molar-refractivity contribution in [2.45, 2.75) is 19.4 Å². The second-order valence-electron chi connectivity index (χ2n) is 7.02. The van der Waals surface area contributed by atoms with E-state index in [9.17, 15) is 9.18 Å². The van der Waals surface area contributed by atoms with Gasteiger partial charge in [0, 0.05) is 29.3 Å². The summed E-state index contributed by atoms with van der Waals surface area (Å²) in [5.74, 6) is 0.958. The molecule has 3 aromatic rings. The van der Waals surface area contributed by atoms with Gasteiger partial charge in [-0.25, -0.2) is 4.39 Å². The van der Waals surface area contributed by atoms with Gasteiger partial charge in [-0.1, -0.05) is 11.2 Å². The SMILES string of the molecule is Cl.O=C(Nc1cccc(OCc2cc(-c3ccc(F)cc3)on2)c1)C1CCNCC1. The van der Waals surface area contributed by atoms with E-state index in [0.29, 0.717) is 22.9 Å². The summed E-state index contributed by atoms with van der Waals surface area (Å²) < 4.78 is 24.1. The van der Waals surface area contributed by atoms with E-state index in [-0.39, 0.29) is 36.7 Å². The molecular weight excluding hydrogens is 409 g/mol. The van der Waals surface area contributed by atoms with Crippen molar-refractivity contribution in [3.05, 3.63) is 66.1 Å². The molecule has 1 amide bonds. The fourth-order valence-corrected chi connectivity index (χ4v) is 3.28. The number of piperidine rings is 1. The molecule has 0 bridgehead atoms. The molecule has 4 rings (SSSR count). The summed E-state index contributed by atoms with van der Waals surface area (Å²) in [5.41, 5.74) is 2.07. The molecular formula is C22H23ClFN3O3. The van der Waals surface area contributed by atoms with Crippen molar-refractivity contribution in [1.29, 1.82) is 0 Å². The summed E-state index contributed by atoms with van der Waals surface area (Å²) in [4.78, 5) is 12.4. The van der Waals surface area contributed by atoms with Gasteiger partial charge < -0.3 is 19.9 Å². The van der Waals surface area contributed by atoms with Gasteiger partial charge in [-0.3, -0.25) is 4.79 Å². The molecule has 1 aromatic heterocycles. The lowest BCUT2D eigenvalue weighted by molar-refractivity contribution is -0.120. The van der Waals surface area contributed by atoms with Gasteiger partial charge in [0.1, 0.15) is 23.9 Å². The predicted molar refractivity (Wildman–Crippen MR) is 114 cm³/mol. The first-order valence-corrected chi connectivity index (χ1v) is 9.63. The maximum absolute atomic E-state index is 13.0. The lowest BCUT2D eigenvalue weighted by atomic mass is 9.97. The highest BCUT2D eigenvalue weighted by atomic mass is 35.5. The highest BCUT2D eigenvalue weighted by Gasteiger charge is 2.20. The van der Waals surface area contributed by atoms with Crippen molar-refractivity contribution >= 4 is 24.0 Å². The molecule has 0 unspecified atom stereocenters. The minimum Gasteiger partial charge on any atom is -0.487 e. The van der Waals surface area contributed by atoms with E-state index in [2.05, 4.69) is 15.8 Å². The third-order valence-electron chi connectivity index (χ3n) is 4.89. The minimum atomic E-state index is -0.302. The van der Waals surface area contributed by atoms with Crippen molar-refractivity contribution in [3.8, 4) is 17.1 Å². The third-order valence-corrected chi connectivity index (χ3v) is 4.89. The van der Waals surface area contributed by atoms with Crippen LogP contribution in [0.1, 0.15) is 18.5 Å². The Balaban J connectivity index is 0.00000256. The number of hydrogen-bond acceptors (Lipinski definition) is 5. The second-order valence-corrected chi connectivity index (χ2v) is 7.02. The Morgan fingerprint density at radius 3 is 2.70 bits per heavy atom. The molecule has 0 radical (unpaired) electrons. The number of anilines is 1. The number of nitrogens with one attached hydrogen (secondary N) is 2. The summed E-state index contributed by atoms with van der Waals surface area (Å²) >= 11 is 0. The van der Waals surface area contributed by atoms with Crippen LogP contribution >= 0.6 is 12.4 Å². The number of carbonyl (C=O) groups is 1. The van der Waals surface area contributed by atoms with Gasteiger partial charge in [0.2, 0.25) is 5.91 Å². The van der Waals surface area contributed by atoms with Gasteiger partial charge in [-0.05, 0) is 62.3 Å². The van der Waals surface area contributed by atoms with E-state index in [4.69, 9.17) is 9.26 Å². The number of nitrogens with zero attached hydrogens (tertiary/aromatic N) is 1. The van der Waals surface area contributed by atoms with Crippen LogP contribution in [0.4, 0.5) is 10.1 Å². The molecule has 6 nitrogen and oxygen atoms in total. The molecule has 0 saturated carbocycles. The zero-order valence-corrected chi connectivity index (χ0v) is 17.1. The number of hydrogen-bond donors (Lipinski definition) is 2. The van der Waals surface area contributed by atoms with Crippen molar-refractivity contribution in [1.82, 2.24) is 10.5 Å². The van der Waals surface area contributed by atoms with Crippen LogP contribution in [0.25, 0.3) is 11.3 Å². The van der Waals surface area contributed by atoms with Crippen molar-refractivity contribution in [2.75, 3.05) is 18.4 Å². The molecule has 1 aliphatic rings. The lowest BCUT2D eigenvalue weighted by Crippen LogP contribution is -2.34. The van der Waals surface area contributed by atoms with E-state index in [0.717, 1.165) is 31.5 Å². The summed E-state index contributed by atoms with van der Waals surface area (Å²) in [6.07, 6.45) is 1.70. The van der Waals surface area contributed by atoms with Gasteiger partial charge in [-0.2, -0.15) is 0 Å². The maximum atomic E-state index is 13.0. The Kier molecular flexibility index (Phi) is 7.43. The van der Waals surface area contributed by atoms with Crippen LogP contribution in [0.15, 0.2) is 59.1 Å². The molecule has 8 heteroatoms. The minimum absolute atomic E-state index is 0. The van der Waals surface area contributed by atoms with E-state index in [1.165, 1.54) is 12.1 Å². The van der Waals surface area contributed by atoms with Crippen LogP contribution in [0.2, 0.25) is 0 Å². The van der Waals surface area contributed by atoms with Crippen LogP contribution in [-0.2, 0) is 11.4 Å². The molecule has 0 atom stereocenters. The van der Waals surface area contributed by atoms with Gasteiger partial charge >= 0.3 is 0 Å². The number of carbonyl (C=O) groups excluding carboxylic acids is 1. The lowest BCUT2D eigenvalue weighted by Gasteiger charge is -2.21. The van der Waals surface area contributed by atoms with Crippen LogP contribution in [0, 0.1) is 11.7 Å². The molecule has 2 heterocycles. The van der Waals surface area contributed by atoms with Crippen molar-refractivity contribution < 1.29 is 18.4 Å². The summed E-state index contributed by atoms with van der Waals surface area (Å²) in [6.45, 7) is 1.97. The van der Waals surface area contributed by atoms with E-state index in [1.54, 1.807) is 24.3 Å². The van der Waals surface area contributed by atoms with Crippen molar-refractivity contribution in [3.63, 3.8) is 0 Å². The number of ether oxygens (including phenoxy) is 1. The van der Waals surface area contributed by atoms with Crippen LogP contribution in [0.5, 0.6) is 5.75 Å².